The molecular formula is C26H36Cl3NO3. The zero-order chi connectivity index (χ0) is 21.7. The number of halogens is 3. The Bertz CT molecular complexity index is 838. The molecule has 0 aromatic heterocycles. The molecule has 2 fully saturated rings. The van der Waals surface area contributed by atoms with Gasteiger partial charge in [-0.2, -0.15) is 0 Å². The molecule has 0 radical (unpaired) electrons. The van der Waals surface area contributed by atoms with Crippen LogP contribution in [0.1, 0.15) is 62.0 Å². The van der Waals surface area contributed by atoms with Gasteiger partial charge in [0.1, 0.15) is 12.4 Å². The highest BCUT2D eigenvalue weighted by Gasteiger charge is 2.40. The summed E-state index contributed by atoms with van der Waals surface area (Å²) < 4.78 is 5.96. The molecule has 1 atom stereocenters. The maximum absolute atomic E-state index is 11.6. The predicted molar refractivity (Wildman–Crippen MR) is 139 cm³/mol. The lowest BCUT2D eigenvalue weighted by Crippen LogP contribution is -2.46. The summed E-state index contributed by atoms with van der Waals surface area (Å²) >= 11 is 6.63. The van der Waals surface area contributed by atoms with Crippen LogP contribution in [0.4, 0.5) is 0 Å². The van der Waals surface area contributed by atoms with E-state index in [4.69, 9.17) is 16.3 Å². The van der Waals surface area contributed by atoms with Crippen molar-refractivity contribution in [3.63, 3.8) is 0 Å². The maximum Gasteiger partial charge on any atom is 0.138 e. The van der Waals surface area contributed by atoms with Crippen molar-refractivity contribution in [2.75, 3.05) is 19.6 Å². The van der Waals surface area contributed by atoms with Gasteiger partial charge in [-0.15, -0.1) is 24.8 Å². The van der Waals surface area contributed by atoms with Gasteiger partial charge in [0.15, 0.2) is 0 Å². The van der Waals surface area contributed by atoms with Crippen molar-refractivity contribution < 1.29 is 14.9 Å². The third kappa shape index (κ3) is 7.48. The number of rotatable bonds is 7. The summed E-state index contributed by atoms with van der Waals surface area (Å²) in [4.78, 5) is 2.39. The zero-order valence-corrected chi connectivity index (χ0v) is 21.4. The average Bonchev–Trinajstić information content (AvgIpc) is 2.79. The number of benzene rings is 2. The van der Waals surface area contributed by atoms with E-state index in [0.717, 1.165) is 69.3 Å². The van der Waals surface area contributed by atoms with E-state index in [9.17, 15) is 10.2 Å². The Balaban J connectivity index is 0.00000193. The third-order valence-electron chi connectivity index (χ3n) is 6.96. The molecule has 1 saturated carbocycles. The van der Waals surface area contributed by atoms with Crippen LogP contribution in [-0.2, 0) is 6.61 Å². The second-order valence-corrected chi connectivity index (χ2v) is 9.62. The van der Waals surface area contributed by atoms with E-state index >= 15 is 0 Å². The molecule has 4 rings (SSSR count). The molecule has 1 saturated heterocycles. The van der Waals surface area contributed by atoms with Gasteiger partial charge in [0.25, 0.3) is 0 Å². The number of hydrogen-bond acceptors (Lipinski definition) is 4. The van der Waals surface area contributed by atoms with Crippen molar-refractivity contribution in [1.29, 1.82) is 0 Å². The summed E-state index contributed by atoms with van der Waals surface area (Å²) in [6.07, 6.45) is 6.41. The van der Waals surface area contributed by atoms with E-state index in [2.05, 4.69) is 11.0 Å². The van der Waals surface area contributed by atoms with Gasteiger partial charge in [0, 0.05) is 25.6 Å². The van der Waals surface area contributed by atoms with Crippen LogP contribution in [0.15, 0.2) is 48.5 Å². The number of aliphatic hydroxyl groups excluding tert-OH is 1. The lowest BCUT2D eigenvalue weighted by atomic mass is 9.72. The lowest BCUT2D eigenvalue weighted by Gasteiger charge is -2.43. The normalized spacial score (nSPS) is 19.7. The lowest BCUT2D eigenvalue weighted by molar-refractivity contribution is -0.0353. The number of ether oxygens (including phenoxy) is 1. The first kappa shape index (κ1) is 28.2. The molecule has 2 aliphatic rings. The van der Waals surface area contributed by atoms with Crippen LogP contribution in [0, 0.1) is 0 Å². The second-order valence-electron chi connectivity index (χ2n) is 9.21. The Morgan fingerprint density at radius 1 is 1.00 bits per heavy atom. The van der Waals surface area contributed by atoms with Crippen LogP contribution < -0.4 is 4.74 Å². The first-order chi connectivity index (χ1) is 15.0. The molecule has 33 heavy (non-hydrogen) atoms. The van der Waals surface area contributed by atoms with Crippen molar-refractivity contribution in [1.82, 2.24) is 4.90 Å². The molecule has 1 aliphatic heterocycles. The van der Waals surface area contributed by atoms with Gasteiger partial charge < -0.3 is 19.8 Å². The molecule has 0 bridgehead atoms. The van der Waals surface area contributed by atoms with Crippen molar-refractivity contribution >= 4 is 36.4 Å². The Labute approximate surface area is 215 Å². The van der Waals surface area contributed by atoms with E-state index in [1.165, 1.54) is 6.42 Å². The predicted octanol–water partition coefficient (Wildman–Crippen LogP) is 6.00. The Kier molecular flexibility index (Phi) is 11.3. The molecule has 0 amide bonds. The summed E-state index contributed by atoms with van der Waals surface area (Å²) in [6, 6.07) is 16.1. The molecule has 1 aliphatic carbocycles. The minimum absolute atomic E-state index is 0. The minimum Gasteiger partial charge on any atom is -0.487 e. The first-order valence-electron chi connectivity index (χ1n) is 11.6. The number of nitrogens with zero attached hydrogens (tertiary/aromatic N) is 1. The highest BCUT2D eigenvalue weighted by atomic mass is 35.5. The largest absolute Gasteiger partial charge is 0.487 e. The molecule has 4 nitrogen and oxygen atoms in total. The fourth-order valence-corrected chi connectivity index (χ4v) is 5.29. The van der Waals surface area contributed by atoms with Crippen molar-refractivity contribution in [2.24, 2.45) is 0 Å². The summed E-state index contributed by atoms with van der Waals surface area (Å²) in [7, 11) is 0. The van der Waals surface area contributed by atoms with E-state index in [1.54, 1.807) is 0 Å². The molecule has 7 heteroatoms. The van der Waals surface area contributed by atoms with Gasteiger partial charge in [-0.1, -0.05) is 67.3 Å². The third-order valence-corrected chi connectivity index (χ3v) is 7.26. The number of piperidine rings is 1. The van der Waals surface area contributed by atoms with E-state index in [1.807, 2.05) is 42.5 Å². The van der Waals surface area contributed by atoms with Crippen LogP contribution in [0.5, 0.6) is 5.75 Å². The number of aliphatic hydroxyl groups is 2. The van der Waals surface area contributed by atoms with Gasteiger partial charge in [-0.3, -0.25) is 0 Å². The molecule has 2 aromatic carbocycles. The SMILES string of the molecule is Cl.Cl.OC1CCN(CC(c2ccc(OCc3ccccc3)c(Cl)c2)C2(O)CCCCC2)CC1. The van der Waals surface area contributed by atoms with Crippen LogP contribution >= 0.6 is 36.4 Å². The Morgan fingerprint density at radius 3 is 2.30 bits per heavy atom. The van der Waals surface area contributed by atoms with Gasteiger partial charge in [-0.05, 0) is 48.9 Å². The van der Waals surface area contributed by atoms with Gasteiger partial charge in [0.2, 0.25) is 0 Å². The smallest absolute Gasteiger partial charge is 0.138 e. The maximum atomic E-state index is 11.6. The molecule has 1 unspecified atom stereocenters. The summed E-state index contributed by atoms with van der Waals surface area (Å²) in [5.41, 5.74) is 1.47. The Hall–Kier alpha value is -1.01. The quantitative estimate of drug-likeness (QED) is 0.474. The average molecular weight is 517 g/mol. The van der Waals surface area contributed by atoms with E-state index < -0.39 is 5.60 Å². The summed E-state index contributed by atoms with van der Waals surface area (Å²) in [5, 5.41) is 22.1. The van der Waals surface area contributed by atoms with E-state index in [0.29, 0.717) is 17.4 Å². The monoisotopic (exact) mass is 515 g/mol. The molecule has 0 spiro atoms. The van der Waals surface area contributed by atoms with Crippen molar-refractivity contribution in [3.05, 3.63) is 64.7 Å². The fraction of sp³-hybridized carbons (Fsp3) is 0.538. The molecule has 1 heterocycles. The van der Waals surface area contributed by atoms with Crippen molar-refractivity contribution in [3.8, 4) is 5.75 Å². The van der Waals surface area contributed by atoms with E-state index in [-0.39, 0.29) is 36.8 Å². The highest BCUT2D eigenvalue weighted by Crippen LogP contribution is 2.42. The van der Waals surface area contributed by atoms with Crippen LogP contribution in [0.2, 0.25) is 5.02 Å². The zero-order valence-electron chi connectivity index (χ0n) is 19.0. The Morgan fingerprint density at radius 2 is 1.67 bits per heavy atom. The van der Waals surface area contributed by atoms with Crippen LogP contribution in [-0.4, -0.2) is 46.5 Å². The van der Waals surface area contributed by atoms with Crippen molar-refractivity contribution in [2.45, 2.75) is 69.2 Å². The molecule has 2 N–H and O–H groups in total. The molecule has 2 aromatic rings. The van der Waals surface area contributed by atoms with Gasteiger partial charge >= 0.3 is 0 Å². The molecular weight excluding hydrogens is 481 g/mol. The first-order valence-corrected chi connectivity index (χ1v) is 12.0. The fourth-order valence-electron chi connectivity index (χ4n) is 5.04. The summed E-state index contributed by atoms with van der Waals surface area (Å²) in [5.74, 6) is 0.675. The standard InChI is InChI=1S/C26H34ClNO3.2ClH/c27-24-17-21(9-10-25(24)31-19-20-7-3-1-4-8-20)23(26(30)13-5-2-6-14-26)18-28-15-11-22(29)12-16-28;;/h1,3-4,7-10,17,22-23,29-30H,2,5-6,11-16,18-19H2;2*1H. The summed E-state index contributed by atoms with van der Waals surface area (Å²) in [6.45, 7) is 3.02. The highest BCUT2D eigenvalue weighted by molar-refractivity contribution is 6.32. The topological polar surface area (TPSA) is 52.9 Å². The van der Waals surface area contributed by atoms with Crippen LogP contribution in [0.3, 0.4) is 0 Å². The van der Waals surface area contributed by atoms with Gasteiger partial charge in [-0.25, -0.2) is 0 Å². The minimum atomic E-state index is -0.704. The molecule has 184 valence electrons. The number of likely N-dealkylation sites (tertiary alicyclic amines) is 1. The van der Waals surface area contributed by atoms with Gasteiger partial charge in [0.05, 0.1) is 16.7 Å². The second kappa shape index (κ2) is 13.2. The number of hydrogen-bond donors (Lipinski definition) is 2. The van der Waals surface area contributed by atoms with Crippen LogP contribution in [0.25, 0.3) is 0 Å².